The van der Waals surface area contributed by atoms with Gasteiger partial charge in [0.1, 0.15) is 5.82 Å². The van der Waals surface area contributed by atoms with E-state index in [0.717, 1.165) is 73.6 Å². The van der Waals surface area contributed by atoms with Crippen LogP contribution in [-0.2, 0) is 9.59 Å². The number of halogens is 1. The summed E-state index contributed by atoms with van der Waals surface area (Å²) in [5.41, 5.74) is 5.09. The maximum atomic E-state index is 13.1. The molecule has 0 aliphatic carbocycles. The molecule has 1 fully saturated rings. The lowest BCUT2D eigenvalue weighted by Gasteiger charge is -2.35. The summed E-state index contributed by atoms with van der Waals surface area (Å²) >= 11 is 6.58. The molecule has 4 rings (SSSR count). The molecule has 1 atom stereocenters. The van der Waals surface area contributed by atoms with Crippen LogP contribution in [0.3, 0.4) is 0 Å². The molecule has 2 heterocycles. The van der Waals surface area contributed by atoms with Crippen molar-refractivity contribution in [3.63, 3.8) is 0 Å². The van der Waals surface area contributed by atoms with Gasteiger partial charge in [-0.05, 0) is 82.7 Å². The molecule has 1 aliphatic rings. The fraction of sp³-hybridized carbons (Fsp3) is 0.444. The summed E-state index contributed by atoms with van der Waals surface area (Å²) in [5, 5.41) is 7.56. The van der Waals surface area contributed by atoms with Crippen LogP contribution in [0, 0.1) is 12.8 Å². The summed E-state index contributed by atoms with van der Waals surface area (Å²) in [5.74, 6) is 1.05. The monoisotopic (exact) mass is 513 g/mol. The van der Waals surface area contributed by atoms with Crippen LogP contribution in [0.5, 0.6) is 0 Å². The Morgan fingerprint density at radius 1 is 1.22 bits per heavy atom. The highest BCUT2D eigenvalue weighted by atomic mass is 35.5. The molecule has 3 aromatic rings. The van der Waals surface area contributed by atoms with Gasteiger partial charge in [-0.1, -0.05) is 17.7 Å². The number of aryl methyl sites for hydroxylation is 1. The van der Waals surface area contributed by atoms with Gasteiger partial charge in [0.25, 0.3) is 6.47 Å². The molecule has 1 saturated heterocycles. The summed E-state index contributed by atoms with van der Waals surface area (Å²) in [7, 11) is 6.06. The van der Waals surface area contributed by atoms with E-state index in [1.807, 2.05) is 30.1 Å². The van der Waals surface area contributed by atoms with Crippen LogP contribution in [0.25, 0.3) is 22.4 Å². The first-order chi connectivity index (χ1) is 17.2. The minimum atomic E-state index is -0.250. The van der Waals surface area contributed by atoms with Crippen molar-refractivity contribution in [2.24, 2.45) is 5.92 Å². The van der Waals surface area contributed by atoms with E-state index >= 15 is 0 Å². The van der Waals surface area contributed by atoms with Crippen LogP contribution >= 0.6 is 11.6 Å². The first-order valence-corrected chi connectivity index (χ1v) is 12.6. The molecule has 9 heteroatoms. The van der Waals surface area contributed by atoms with Crippen LogP contribution < -0.4 is 4.90 Å². The van der Waals surface area contributed by atoms with Crippen molar-refractivity contribution in [2.75, 3.05) is 52.2 Å². The second kappa shape index (κ2) is 12.7. The lowest BCUT2D eigenvalue weighted by atomic mass is 9.95. The SMILES string of the molecule is Cc1ccc2nc(-c3cc(N4CCCC(C(=O)N(C)CCCN(C)C)C4)ccc3Cl)[nH]c2c1.O=CO. The number of amides is 1. The van der Waals surface area contributed by atoms with Crippen molar-refractivity contribution in [1.82, 2.24) is 19.8 Å². The Bertz CT molecular complexity index is 1180. The predicted octanol–water partition coefficient (Wildman–Crippen LogP) is 4.52. The standard InChI is InChI=1S/C26H34ClN5O.CH2O2/c1-18-8-11-23-24(15-18)29-25(28-23)21-16-20(9-10-22(21)27)32-14-5-7-19(17-32)26(33)31(4)13-6-12-30(2)3;2-1-3/h8-11,15-16,19H,5-7,12-14,17H2,1-4H3,(H,28,29);1H,(H,2,3). The molecule has 36 heavy (non-hydrogen) atoms. The third kappa shape index (κ3) is 6.98. The number of carbonyl (C=O) groups is 2. The molecule has 0 radical (unpaired) electrons. The highest BCUT2D eigenvalue weighted by Gasteiger charge is 2.28. The summed E-state index contributed by atoms with van der Waals surface area (Å²) < 4.78 is 0. The lowest BCUT2D eigenvalue weighted by Crippen LogP contribution is -2.44. The van der Waals surface area contributed by atoms with E-state index in [1.54, 1.807) is 0 Å². The zero-order valence-corrected chi connectivity index (χ0v) is 22.3. The molecule has 2 aromatic carbocycles. The van der Waals surface area contributed by atoms with Gasteiger partial charge in [0, 0.05) is 37.9 Å². The summed E-state index contributed by atoms with van der Waals surface area (Å²) in [6.07, 6.45) is 2.93. The number of H-pyrrole nitrogens is 1. The van der Waals surface area contributed by atoms with Crippen molar-refractivity contribution in [1.29, 1.82) is 0 Å². The number of hydrogen-bond acceptors (Lipinski definition) is 5. The highest BCUT2D eigenvalue weighted by Crippen LogP contribution is 2.33. The molecule has 2 N–H and O–H groups in total. The van der Waals surface area contributed by atoms with E-state index in [-0.39, 0.29) is 18.3 Å². The van der Waals surface area contributed by atoms with Crippen molar-refractivity contribution in [2.45, 2.75) is 26.2 Å². The molecule has 1 aliphatic heterocycles. The number of rotatable bonds is 7. The average molecular weight is 514 g/mol. The Hall–Kier alpha value is -3.10. The van der Waals surface area contributed by atoms with Gasteiger partial charge in [-0.2, -0.15) is 0 Å². The second-order valence-corrected chi connectivity index (χ2v) is 9.98. The number of carbonyl (C=O) groups excluding carboxylic acids is 1. The smallest absolute Gasteiger partial charge is 0.290 e. The number of nitrogens with zero attached hydrogens (tertiary/aromatic N) is 4. The van der Waals surface area contributed by atoms with Gasteiger partial charge in [0.2, 0.25) is 5.91 Å². The molecular formula is C27H36ClN5O3. The maximum Gasteiger partial charge on any atom is 0.290 e. The van der Waals surface area contributed by atoms with Gasteiger partial charge in [-0.25, -0.2) is 4.98 Å². The Morgan fingerprint density at radius 3 is 2.69 bits per heavy atom. The number of fused-ring (bicyclic) bond motifs is 1. The molecule has 1 unspecified atom stereocenters. The third-order valence-corrected chi connectivity index (χ3v) is 6.78. The fourth-order valence-electron chi connectivity index (χ4n) is 4.60. The number of aromatic amines is 1. The number of carboxylic acid groups (broad SMARTS) is 1. The van der Waals surface area contributed by atoms with Crippen LogP contribution in [-0.4, -0.2) is 84.6 Å². The second-order valence-electron chi connectivity index (χ2n) is 9.58. The van der Waals surface area contributed by atoms with E-state index in [1.165, 1.54) is 5.56 Å². The number of benzene rings is 2. The number of piperidine rings is 1. The number of anilines is 1. The largest absolute Gasteiger partial charge is 0.483 e. The molecule has 0 saturated carbocycles. The van der Waals surface area contributed by atoms with E-state index in [9.17, 15) is 4.79 Å². The van der Waals surface area contributed by atoms with Crippen molar-refractivity contribution >= 4 is 40.7 Å². The van der Waals surface area contributed by atoms with Gasteiger partial charge >= 0.3 is 0 Å². The van der Waals surface area contributed by atoms with Crippen molar-refractivity contribution < 1.29 is 14.7 Å². The number of aromatic nitrogens is 2. The van der Waals surface area contributed by atoms with E-state index in [4.69, 9.17) is 26.5 Å². The number of nitrogens with one attached hydrogen (secondary N) is 1. The minimum Gasteiger partial charge on any atom is -0.483 e. The normalized spacial score (nSPS) is 15.5. The lowest BCUT2D eigenvalue weighted by molar-refractivity contribution is -0.134. The van der Waals surface area contributed by atoms with Crippen LogP contribution in [0.4, 0.5) is 5.69 Å². The van der Waals surface area contributed by atoms with Gasteiger partial charge in [0.05, 0.1) is 22.0 Å². The Labute approximate surface area is 217 Å². The Balaban J connectivity index is 0.00000115. The van der Waals surface area contributed by atoms with E-state index < -0.39 is 0 Å². The van der Waals surface area contributed by atoms with Crippen LogP contribution in [0.2, 0.25) is 5.02 Å². The first-order valence-electron chi connectivity index (χ1n) is 12.2. The molecule has 0 bridgehead atoms. The average Bonchev–Trinajstić information content (AvgIpc) is 3.27. The van der Waals surface area contributed by atoms with E-state index in [0.29, 0.717) is 5.02 Å². The van der Waals surface area contributed by atoms with Gasteiger partial charge in [-0.3, -0.25) is 9.59 Å². The van der Waals surface area contributed by atoms with Gasteiger partial charge in [0.15, 0.2) is 0 Å². The predicted molar refractivity (Wildman–Crippen MR) is 146 cm³/mol. The number of imidazole rings is 1. The molecule has 8 nitrogen and oxygen atoms in total. The quantitative estimate of drug-likeness (QED) is 0.451. The van der Waals surface area contributed by atoms with Crippen molar-refractivity contribution in [3.05, 3.63) is 47.0 Å². The zero-order chi connectivity index (χ0) is 26.2. The summed E-state index contributed by atoms with van der Waals surface area (Å²) in [6, 6.07) is 12.3. The van der Waals surface area contributed by atoms with E-state index in [2.05, 4.69) is 54.0 Å². The molecule has 194 valence electrons. The molecule has 1 aromatic heterocycles. The van der Waals surface area contributed by atoms with Crippen LogP contribution in [0.1, 0.15) is 24.8 Å². The summed E-state index contributed by atoms with van der Waals surface area (Å²) in [6.45, 7) is 5.28. The first kappa shape index (κ1) is 27.5. The Morgan fingerprint density at radius 2 is 1.97 bits per heavy atom. The topological polar surface area (TPSA) is 92.8 Å². The van der Waals surface area contributed by atoms with Crippen molar-refractivity contribution in [3.8, 4) is 11.4 Å². The zero-order valence-electron chi connectivity index (χ0n) is 21.5. The van der Waals surface area contributed by atoms with Gasteiger partial charge in [-0.15, -0.1) is 0 Å². The molecule has 1 amide bonds. The molecular weight excluding hydrogens is 478 g/mol. The number of hydrogen-bond donors (Lipinski definition) is 2. The highest BCUT2D eigenvalue weighted by molar-refractivity contribution is 6.33. The fourth-order valence-corrected chi connectivity index (χ4v) is 4.81. The Kier molecular flexibility index (Phi) is 9.73. The minimum absolute atomic E-state index is 0.0245. The van der Waals surface area contributed by atoms with Gasteiger partial charge < -0.3 is 24.8 Å². The molecule has 0 spiro atoms. The van der Waals surface area contributed by atoms with Crippen LogP contribution in [0.15, 0.2) is 36.4 Å². The summed E-state index contributed by atoms with van der Waals surface area (Å²) in [4.78, 5) is 36.0. The maximum absolute atomic E-state index is 13.1. The third-order valence-electron chi connectivity index (χ3n) is 6.45.